The predicted molar refractivity (Wildman–Crippen MR) is 73.4 cm³/mol. The molecule has 0 fully saturated rings. The van der Waals surface area contributed by atoms with Crippen molar-refractivity contribution in [3.63, 3.8) is 0 Å². The highest BCUT2D eigenvalue weighted by atomic mass is 16.5. The standard InChI is InChI=1S/C15H23NO2/c1-12(2)11-16-14(15(17)18-3)10-9-13-7-5-4-6-8-13/h4-8,12,14,16H,9-11H2,1-3H3. The van der Waals surface area contributed by atoms with Crippen LogP contribution in [0.1, 0.15) is 25.8 Å². The van der Waals surface area contributed by atoms with E-state index in [1.165, 1.54) is 12.7 Å². The van der Waals surface area contributed by atoms with Crippen LogP contribution in [-0.2, 0) is 16.0 Å². The summed E-state index contributed by atoms with van der Waals surface area (Å²) in [6.45, 7) is 5.08. The fourth-order valence-electron chi connectivity index (χ4n) is 1.78. The van der Waals surface area contributed by atoms with Gasteiger partial charge in [-0.05, 0) is 30.9 Å². The molecule has 0 bridgehead atoms. The Bertz CT molecular complexity index is 349. The number of carbonyl (C=O) groups excluding carboxylic acids is 1. The van der Waals surface area contributed by atoms with Crippen LogP contribution in [0.2, 0.25) is 0 Å². The smallest absolute Gasteiger partial charge is 0.322 e. The molecule has 100 valence electrons. The molecule has 1 atom stereocenters. The summed E-state index contributed by atoms with van der Waals surface area (Å²) < 4.78 is 4.83. The van der Waals surface area contributed by atoms with E-state index in [1.807, 2.05) is 18.2 Å². The van der Waals surface area contributed by atoms with Gasteiger partial charge in [-0.1, -0.05) is 44.2 Å². The summed E-state index contributed by atoms with van der Waals surface area (Å²) in [7, 11) is 1.44. The summed E-state index contributed by atoms with van der Waals surface area (Å²) in [5, 5.41) is 3.27. The molecule has 0 aliphatic carbocycles. The van der Waals surface area contributed by atoms with Gasteiger partial charge in [0, 0.05) is 0 Å². The molecule has 0 amide bonds. The number of nitrogens with one attached hydrogen (secondary N) is 1. The first-order chi connectivity index (χ1) is 8.63. The Kier molecular flexibility index (Phi) is 6.44. The first-order valence-electron chi connectivity index (χ1n) is 6.48. The lowest BCUT2D eigenvalue weighted by molar-refractivity contribution is -0.143. The van der Waals surface area contributed by atoms with Crippen LogP contribution in [0, 0.1) is 5.92 Å². The first kappa shape index (κ1) is 14.7. The van der Waals surface area contributed by atoms with E-state index in [0.717, 1.165) is 19.4 Å². The van der Waals surface area contributed by atoms with Crippen LogP contribution in [0.25, 0.3) is 0 Å². The van der Waals surface area contributed by atoms with Crippen LogP contribution < -0.4 is 5.32 Å². The van der Waals surface area contributed by atoms with Gasteiger partial charge in [0.1, 0.15) is 6.04 Å². The monoisotopic (exact) mass is 249 g/mol. The van der Waals surface area contributed by atoms with Crippen LogP contribution in [-0.4, -0.2) is 25.7 Å². The van der Waals surface area contributed by atoms with Crippen molar-refractivity contribution >= 4 is 5.97 Å². The molecule has 0 heterocycles. The van der Waals surface area contributed by atoms with Gasteiger partial charge in [0.25, 0.3) is 0 Å². The van der Waals surface area contributed by atoms with Crippen molar-refractivity contribution in [3.05, 3.63) is 35.9 Å². The zero-order valence-electron chi connectivity index (χ0n) is 11.5. The number of ether oxygens (including phenoxy) is 1. The molecule has 0 aliphatic rings. The second kappa shape index (κ2) is 7.88. The molecular weight excluding hydrogens is 226 g/mol. The summed E-state index contributed by atoms with van der Waals surface area (Å²) in [5.74, 6) is 0.348. The molecule has 3 nitrogen and oxygen atoms in total. The van der Waals surface area contributed by atoms with Gasteiger partial charge in [-0.25, -0.2) is 0 Å². The number of hydrogen-bond acceptors (Lipinski definition) is 3. The van der Waals surface area contributed by atoms with Gasteiger partial charge in [-0.3, -0.25) is 4.79 Å². The lowest BCUT2D eigenvalue weighted by atomic mass is 10.0. The van der Waals surface area contributed by atoms with E-state index >= 15 is 0 Å². The van der Waals surface area contributed by atoms with Gasteiger partial charge in [0.15, 0.2) is 0 Å². The number of aryl methyl sites for hydroxylation is 1. The number of benzene rings is 1. The molecule has 0 spiro atoms. The van der Waals surface area contributed by atoms with Gasteiger partial charge in [0.05, 0.1) is 7.11 Å². The lowest BCUT2D eigenvalue weighted by Gasteiger charge is -2.17. The topological polar surface area (TPSA) is 38.3 Å². The normalized spacial score (nSPS) is 12.4. The van der Waals surface area contributed by atoms with Crippen molar-refractivity contribution in [2.75, 3.05) is 13.7 Å². The Morgan fingerprint density at radius 3 is 2.50 bits per heavy atom. The predicted octanol–water partition coefficient (Wildman–Crippen LogP) is 2.41. The van der Waals surface area contributed by atoms with Crippen molar-refractivity contribution < 1.29 is 9.53 Å². The van der Waals surface area contributed by atoms with E-state index in [0.29, 0.717) is 5.92 Å². The highest BCUT2D eigenvalue weighted by molar-refractivity contribution is 5.75. The SMILES string of the molecule is COC(=O)C(CCc1ccccc1)NCC(C)C. The summed E-state index contributed by atoms with van der Waals surface area (Å²) in [4.78, 5) is 11.7. The number of hydrogen-bond donors (Lipinski definition) is 1. The zero-order chi connectivity index (χ0) is 13.4. The zero-order valence-corrected chi connectivity index (χ0v) is 11.5. The van der Waals surface area contributed by atoms with Crippen LogP contribution in [0.15, 0.2) is 30.3 Å². The highest BCUT2D eigenvalue weighted by Gasteiger charge is 2.18. The third-order valence-electron chi connectivity index (χ3n) is 2.82. The summed E-state index contributed by atoms with van der Waals surface area (Å²) in [6.07, 6.45) is 1.65. The number of methoxy groups -OCH3 is 1. The van der Waals surface area contributed by atoms with Crippen LogP contribution in [0.3, 0.4) is 0 Å². The maximum absolute atomic E-state index is 11.7. The molecule has 1 aromatic rings. The Morgan fingerprint density at radius 1 is 1.28 bits per heavy atom. The van der Waals surface area contributed by atoms with Gasteiger partial charge in [-0.2, -0.15) is 0 Å². The van der Waals surface area contributed by atoms with Crippen molar-refractivity contribution in [1.82, 2.24) is 5.32 Å². The number of rotatable bonds is 7. The minimum Gasteiger partial charge on any atom is -0.468 e. The van der Waals surface area contributed by atoms with E-state index in [-0.39, 0.29) is 12.0 Å². The molecule has 0 saturated heterocycles. The minimum atomic E-state index is -0.211. The first-order valence-corrected chi connectivity index (χ1v) is 6.48. The summed E-state index contributed by atoms with van der Waals surface area (Å²) in [5.41, 5.74) is 1.25. The molecule has 1 aromatic carbocycles. The van der Waals surface area contributed by atoms with E-state index in [4.69, 9.17) is 4.74 Å². The Labute approximate surface area is 110 Å². The van der Waals surface area contributed by atoms with E-state index in [9.17, 15) is 4.79 Å². The Balaban J connectivity index is 2.48. The van der Waals surface area contributed by atoms with E-state index in [2.05, 4.69) is 31.3 Å². The highest BCUT2D eigenvalue weighted by Crippen LogP contribution is 2.06. The quantitative estimate of drug-likeness (QED) is 0.754. The molecule has 3 heteroatoms. The van der Waals surface area contributed by atoms with Crippen LogP contribution in [0.5, 0.6) is 0 Å². The molecule has 0 radical (unpaired) electrons. The molecule has 0 aromatic heterocycles. The van der Waals surface area contributed by atoms with Crippen molar-refractivity contribution in [2.24, 2.45) is 5.92 Å². The minimum absolute atomic E-state index is 0.174. The third kappa shape index (κ3) is 5.32. The van der Waals surface area contributed by atoms with Crippen molar-refractivity contribution in [1.29, 1.82) is 0 Å². The van der Waals surface area contributed by atoms with Crippen LogP contribution in [0.4, 0.5) is 0 Å². The molecule has 1 unspecified atom stereocenters. The number of carbonyl (C=O) groups is 1. The maximum atomic E-state index is 11.7. The maximum Gasteiger partial charge on any atom is 0.322 e. The van der Waals surface area contributed by atoms with Gasteiger partial charge in [0.2, 0.25) is 0 Å². The molecule has 1 N–H and O–H groups in total. The van der Waals surface area contributed by atoms with Crippen LogP contribution >= 0.6 is 0 Å². The largest absolute Gasteiger partial charge is 0.468 e. The van der Waals surface area contributed by atoms with Crippen molar-refractivity contribution in [3.8, 4) is 0 Å². The average molecular weight is 249 g/mol. The fourth-order valence-corrected chi connectivity index (χ4v) is 1.78. The van der Waals surface area contributed by atoms with Gasteiger partial charge < -0.3 is 10.1 Å². The molecule has 1 rings (SSSR count). The van der Waals surface area contributed by atoms with E-state index < -0.39 is 0 Å². The molecule has 18 heavy (non-hydrogen) atoms. The summed E-state index contributed by atoms with van der Waals surface area (Å²) >= 11 is 0. The molecule has 0 aliphatic heterocycles. The second-order valence-electron chi connectivity index (χ2n) is 4.90. The average Bonchev–Trinajstić information content (AvgIpc) is 2.39. The van der Waals surface area contributed by atoms with Gasteiger partial charge in [-0.15, -0.1) is 0 Å². The molecular formula is C15H23NO2. The third-order valence-corrected chi connectivity index (χ3v) is 2.82. The van der Waals surface area contributed by atoms with Crippen molar-refractivity contribution in [2.45, 2.75) is 32.7 Å². The molecule has 0 saturated carbocycles. The Morgan fingerprint density at radius 2 is 1.94 bits per heavy atom. The lowest BCUT2D eigenvalue weighted by Crippen LogP contribution is -2.39. The van der Waals surface area contributed by atoms with Gasteiger partial charge >= 0.3 is 5.97 Å². The van der Waals surface area contributed by atoms with E-state index in [1.54, 1.807) is 0 Å². The Hall–Kier alpha value is -1.35. The fraction of sp³-hybridized carbons (Fsp3) is 0.533. The number of esters is 1. The second-order valence-corrected chi connectivity index (χ2v) is 4.90. The summed E-state index contributed by atoms with van der Waals surface area (Å²) in [6, 6.07) is 9.98.